The molecule has 152 valence electrons. The lowest BCUT2D eigenvalue weighted by Crippen LogP contribution is -2.56. The summed E-state index contributed by atoms with van der Waals surface area (Å²) in [5.74, 6) is 3.94. The molecular weight excluding hydrogens is 336 g/mol. The van der Waals surface area contributed by atoms with Crippen molar-refractivity contribution in [3.05, 3.63) is 0 Å². The Morgan fingerprint density at radius 1 is 0.704 bits per heavy atom. The third kappa shape index (κ3) is 2.31. The Kier molecular flexibility index (Phi) is 3.62. The van der Waals surface area contributed by atoms with E-state index < -0.39 is 0 Å². The van der Waals surface area contributed by atoms with Crippen LogP contribution in [0.3, 0.4) is 0 Å². The van der Waals surface area contributed by atoms with Crippen LogP contribution in [-0.4, -0.2) is 31.2 Å². The molecule has 0 aromatic rings. The van der Waals surface area contributed by atoms with Gasteiger partial charge in [0.2, 0.25) is 0 Å². The van der Waals surface area contributed by atoms with Crippen LogP contribution in [-0.2, 0) is 14.2 Å². The van der Waals surface area contributed by atoms with Crippen molar-refractivity contribution in [2.75, 3.05) is 19.8 Å². The summed E-state index contributed by atoms with van der Waals surface area (Å²) in [5.41, 5.74) is 1.31. The molecule has 1 spiro atoms. The van der Waals surface area contributed by atoms with Gasteiger partial charge in [0.15, 0.2) is 5.79 Å². The van der Waals surface area contributed by atoms with Crippen LogP contribution in [0.4, 0.5) is 0 Å². The minimum absolute atomic E-state index is 0.321. The summed E-state index contributed by atoms with van der Waals surface area (Å²) in [6.07, 6.45) is 12.5. The van der Waals surface area contributed by atoms with Crippen LogP contribution in [0.15, 0.2) is 0 Å². The van der Waals surface area contributed by atoms with Crippen LogP contribution in [0.1, 0.15) is 78.6 Å². The minimum atomic E-state index is -0.321. The predicted molar refractivity (Wildman–Crippen MR) is 104 cm³/mol. The van der Waals surface area contributed by atoms with Crippen LogP contribution in [0, 0.1) is 40.4 Å². The molecule has 2 heterocycles. The van der Waals surface area contributed by atoms with Crippen LogP contribution < -0.4 is 0 Å². The fourth-order valence-electron chi connectivity index (χ4n) is 9.27. The van der Waals surface area contributed by atoms with Gasteiger partial charge in [-0.2, -0.15) is 0 Å². The SMILES string of the molecule is CC1([C@H]2CC[C@H]3[C@@H]4CC[C@@H]5C[C@@]6(CC[C@]5(C)[C@H]4CC[C@]23C)CO6)OCCO1. The number of rotatable bonds is 1. The van der Waals surface area contributed by atoms with Gasteiger partial charge in [0, 0.05) is 5.92 Å². The monoisotopic (exact) mass is 374 g/mol. The second-order valence-electron chi connectivity index (χ2n) is 11.7. The van der Waals surface area contributed by atoms with E-state index in [1.54, 1.807) is 0 Å². The van der Waals surface area contributed by atoms with Crippen molar-refractivity contribution >= 4 is 0 Å². The van der Waals surface area contributed by atoms with Crippen molar-refractivity contribution in [1.29, 1.82) is 0 Å². The first kappa shape index (κ1) is 17.7. The Hall–Kier alpha value is -0.120. The van der Waals surface area contributed by atoms with E-state index in [1.807, 2.05) is 0 Å². The fourth-order valence-corrected chi connectivity index (χ4v) is 9.27. The van der Waals surface area contributed by atoms with E-state index in [0.717, 1.165) is 43.5 Å². The Balaban J connectivity index is 1.27. The van der Waals surface area contributed by atoms with Gasteiger partial charge in [-0.1, -0.05) is 13.8 Å². The first-order valence-electron chi connectivity index (χ1n) is 11.8. The first-order chi connectivity index (χ1) is 12.9. The van der Waals surface area contributed by atoms with Crippen molar-refractivity contribution in [3.63, 3.8) is 0 Å². The summed E-state index contributed by atoms with van der Waals surface area (Å²) < 4.78 is 18.3. The van der Waals surface area contributed by atoms with Crippen molar-refractivity contribution < 1.29 is 14.2 Å². The van der Waals surface area contributed by atoms with Crippen molar-refractivity contribution in [1.82, 2.24) is 0 Å². The largest absolute Gasteiger partial charge is 0.370 e. The summed E-state index contributed by atoms with van der Waals surface area (Å²) in [5, 5.41) is 0. The van der Waals surface area contributed by atoms with E-state index >= 15 is 0 Å². The van der Waals surface area contributed by atoms with E-state index in [2.05, 4.69) is 20.8 Å². The van der Waals surface area contributed by atoms with Gasteiger partial charge >= 0.3 is 0 Å². The van der Waals surface area contributed by atoms with E-state index in [-0.39, 0.29) is 5.79 Å². The third-order valence-electron chi connectivity index (χ3n) is 10.8. The average Bonchev–Trinajstić information content (AvgIpc) is 3.07. The van der Waals surface area contributed by atoms with Gasteiger partial charge in [0.25, 0.3) is 0 Å². The normalized spacial score (nSPS) is 58.6. The van der Waals surface area contributed by atoms with Gasteiger partial charge in [-0.3, -0.25) is 0 Å². The highest BCUT2D eigenvalue weighted by atomic mass is 16.7. The quantitative estimate of drug-likeness (QED) is 0.593. The molecule has 0 amide bonds. The highest BCUT2D eigenvalue weighted by Gasteiger charge is 2.65. The lowest BCUT2D eigenvalue weighted by atomic mass is 9.44. The summed E-state index contributed by atoms with van der Waals surface area (Å²) >= 11 is 0. The van der Waals surface area contributed by atoms with Crippen LogP contribution in [0.2, 0.25) is 0 Å². The van der Waals surface area contributed by atoms with Crippen molar-refractivity contribution in [3.8, 4) is 0 Å². The topological polar surface area (TPSA) is 31.0 Å². The molecule has 4 saturated carbocycles. The van der Waals surface area contributed by atoms with Crippen LogP contribution in [0.5, 0.6) is 0 Å². The molecule has 4 aliphatic carbocycles. The number of hydrogen-bond acceptors (Lipinski definition) is 3. The lowest BCUT2D eigenvalue weighted by molar-refractivity contribution is -0.218. The molecule has 0 aromatic heterocycles. The van der Waals surface area contributed by atoms with E-state index in [4.69, 9.17) is 14.2 Å². The van der Waals surface area contributed by atoms with E-state index in [9.17, 15) is 0 Å². The Morgan fingerprint density at radius 3 is 2.19 bits per heavy atom. The predicted octanol–water partition coefficient (Wildman–Crippen LogP) is 5.18. The van der Waals surface area contributed by atoms with Gasteiger partial charge in [-0.25, -0.2) is 0 Å². The third-order valence-corrected chi connectivity index (χ3v) is 10.8. The molecule has 6 aliphatic rings. The van der Waals surface area contributed by atoms with Gasteiger partial charge < -0.3 is 14.2 Å². The molecule has 0 aromatic carbocycles. The molecule has 8 atom stereocenters. The molecule has 3 heteroatoms. The highest BCUT2D eigenvalue weighted by molar-refractivity contribution is 5.13. The van der Waals surface area contributed by atoms with E-state index in [1.165, 1.54) is 57.8 Å². The number of fused-ring (bicyclic) bond motifs is 5. The summed E-state index contributed by atoms with van der Waals surface area (Å²) in [6.45, 7) is 10.1. The zero-order valence-corrected chi connectivity index (χ0v) is 17.6. The Labute approximate surface area is 164 Å². The molecule has 6 rings (SSSR count). The zero-order valence-electron chi connectivity index (χ0n) is 17.6. The average molecular weight is 375 g/mol. The molecule has 27 heavy (non-hydrogen) atoms. The molecular formula is C24H38O3. The Morgan fingerprint density at radius 2 is 1.44 bits per heavy atom. The molecule has 0 bridgehead atoms. The second-order valence-corrected chi connectivity index (χ2v) is 11.7. The summed E-state index contributed by atoms with van der Waals surface area (Å²) in [6, 6.07) is 0. The van der Waals surface area contributed by atoms with Gasteiger partial charge in [-0.05, 0) is 99.2 Å². The maximum atomic E-state index is 6.17. The van der Waals surface area contributed by atoms with Gasteiger partial charge in [0.1, 0.15) is 0 Å². The van der Waals surface area contributed by atoms with Gasteiger partial charge in [0.05, 0.1) is 25.4 Å². The highest BCUT2D eigenvalue weighted by Crippen LogP contribution is 2.70. The summed E-state index contributed by atoms with van der Waals surface area (Å²) in [4.78, 5) is 0. The molecule has 0 unspecified atom stereocenters. The molecule has 0 N–H and O–H groups in total. The maximum absolute atomic E-state index is 6.17. The smallest absolute Gasteiger partial charge is 0.169 e. The van der Waals surface area contributed by atoms with Crippen LogP contribution >= 0.6 is 0 Å². The van der Waals surface area contributed by atoms with Crippen molar-refractivity contribution in [2.24, 2.45) is 40.4 Å². The first-order valence-corrected chi connectivity index (χ1v) is 11.8. The molecule has 2 aliphatic heterocycles. The molecule has 3 nitrogen and oxygen atoms in total. The Bertz CT molecular complexity index is 621. The minimum Gasteiger partial charge on any atom is -0.370 e. The number of ether oxygens (including phenoxy) is 3. The number of epoxide rings is 1. The zero-order chi connectivity index (χ0) is 18.5. The lowest BCUT2D eigenvalue weighted by Gasteiger charge is -2.61. The molecule has 0 radical (unpaired) electrons. The maximum Gasteiger partial charge on any atom is 0.169 e. The number of hydrogen-bond donors (Lipinski definition) is 0. The van der Waals surface area contributed by atoms with Gasteiger partial charge in [-0.15, -0.1) is 0 Å². The fraction of sp³-hybridized carbons (Fsp3) is 1.00. The van der Waals surface area contributed by atoms with Crippen molar-refractivity contribution in [2.45, 2.75) is 89.9 Å². The molecule has 2 saturated heterocycles. The summed E-state index contributed by atoms with van der Waals surface area (Å²) in [7, 11) is 0. The van der Waals surface area contributed by atoms with E-state index in [0.29, 0.717) is 22.3 Å². The molecule has 6 fully saturated rings. The second kappa shape index (κ2) is 5.52. The standard InChI is InChI=1S/C24H38O3/c1-21-10-11-24(15-27-24)14-16(21)4-5-17-18-6-7-20(23(3)25-12-13-26-23)22(18,2)9-8-19(17)21/h16-20H,4-15H2,1-3H3/t16-,17+,18+,19+,20+,21+,22+,24+/m1/s1. The van der Waals surface area contributed by atoms with Crippen LogP contribution in [0.25, 0.3) is 0 Å².